The molecule has 0 saturated carbocycles. The van der Waals surface area contributed by atoms with E-state index in [0.29, 0.717) is 12.2 Å². The van der Waals surface area contributed by atoms with E-state index >= 15 is 0 Å². The molecule has 1 aromatic heterocycles. The Morgan fingerprint density at radius 3 is 2.88 bits per heavy atom. The van der Waals surface area contributed by atoms with E-state index in [1.165, 1.54) is 6.20 Å². The number of hydrogen-bond acceptors (Lipinski definition) is 4. The molecule has 0 radical (unpaired) electrons. The van der Waals surface area contributed by atoms with E-state index in [1.807, 2.05) is 31.2 Å². The van der Waals surface area contributed by atoms with Crippen molar-refractivity contribution in [1.82, 2.24) is 9.78 Å². The topological polar surface area (TPSA) is 73.2 Å². The van der Waals surface area contributed by atoms with Crippen LogP contribution >= 0.6 is 0 Å². The van der Waals surface area contributed by atoms with Crippen molar-refractivity contribution in [2.75, 3.05) is 11.3 Å². The number of aryl methyl sites for hydroxylation is 1. The third-order valence-corrected chi connectivity index (χ3v) is 4.84. The molecule has 2 aromatic rings. The van der Waals surface area contributed by atoms with Gasteiger partial charge in [-0.1, -0.05) is 29.8 Å². The zero-order valence-corrected chi connectivity index (χ0v) is 14.4. The van der Waals surface area contributed by atoms with Crippen molar-refractivity contribution >= 4 is 21.8 Å². The molecule has 1 N–H and O–H groups in total. The van der Waals surface area contributed by atoms with Gasteiger partial charge in [0.1, 0.15) is 0 Å². The molecule has 24 heavy (non-hydrogen) atoms. The van der Waals surface area contributed by atoms with E-state index < -0.39 is 10.0 Å². The second-order valence-electron chi connectivity index (χ2n) is 5.95. The first-order valence-corrected chi connectivity index (χ1v) is 9.46. The van der Waals surface area contributed by atoms with E-state index in [4.69, 9.17) is 4.74 Å². The lowest BCUT2D eigenvalue weighted by Gasteiger charge is -2.08. The zero-order valence-electron chi connectivity index (χ0n) is 13.6. The van der Waals surface area contributed by atoms with Gasteiger partial charge in [0, 0.05) is 12.8 Å². The molecule has 1 fully saturated rings. The average molecular weight is 347 g/mol. The van der Waals surface area contributed by atoms with Crippen molar-refractivity contribution in [2.45, 2.75) is 32.4 Å². The van der Waals surface area contributed by atoms with Gasteiger partial charge in [0.05, 0.1) is 29.9 Å². The minimum absolute atomic E-state index is 0.163. The molecule has 128 valence electrons. The van der Waals surface area contributed by atoms with Crippen LogP contribution in [0.5, 0.6) is 0 Å². The highest BCUT2D eigenvalue weighted by Gasteiger charge is 2.16. The Morgan fingerprint density at radius 2 is 2.17 bits per heavy atom. The molecule has 7 heteroatoms. The summed E-state index contributed by atoms with van der Waals surface area (Å²) in [6.07, 6.45) is 7.00. The fraction of sp³-hybridized carbons (Fsp3) is 0.353. The Hall–Kier alpha value is -2.12. The largest absolute Gasteiger partial charge is 0.376 e. The molecule has 0 aliphatic carbocycles. The van der Waals surface area contributed by atoms with E-state index in [1.54, 1.807) is 17.0 Å². The molecular weight excluding hydrogens is 326 g/mol. The van der Waals surface area contributed by atoms with Crippen LogP contribution in [0.1, 0.15) is 24.0 Å². The number of rotatable bonds is 6. The molecule has 1 aliphatic heterocycles. The number of benzene rings is 1. The first-order valence-electron chi connectivity index (χ1n) is 7.92. The zero-order chi connectivity index (χ0) is 17.0. The van der Waals surface area contributed by atoms with E-state index in [9.17, 15) is 8.42 Å². The third kappa shape index (κ3) is 4.69. The van der Waals surface area contributed by atoms with Crippen molar-refractivity contribution in [3.8, 4) is 0 Å². The van der Waals surface area contributed by atoms with Gasteiger partial charge >= 0.3 is 0 Å². The van der Waals surface area contributed by atoms with Crippen LogP contribution in [0.3, 0.4) is 0 Å². The number of hydrogen-bond donors (Lipinski definition) is 1. The molecule has 1 aliphatic rings. The molecular formula is C17H21N3O3S. The van der Waals surface area contributed by atoms with Gasteiger partial charge in [0.15, 0.2) is 0 Å². The molecule has 0 bridgehead atoms. The number of anilines is 1. The van der Waals surface area contributed by atoms with Gasteiger partial charge in [0.25, 0.3) is 10.0 Å². The minimum atomic E-state index is -3.57. The van der Waals surface area contributed by atoms with Crippen LogP contribution in [0.15, 0.2) is 42.1 Å². The molecule has 2 heterocycles. The standard InChI is InChI=1S/C17H21N3O3S/c1-14-4-6-15(7-5-14)8-10-24(21,22)19-16-11-18-20(12-16)13-17-3-2-9-23-17/h4-8,10-12,17,19H,2-3,9,13H2,1H3/b10-8-/t17-/m0/s1. The summed E-state index contributed by atoms with van der Waals surface area (Å²) in [5.74, 6) is 0. The summed E-state index contributed by atoms with van der Waals surface area (Å²) in [6, 6.07) is 7.63. The minimum Gasteiger partial charge on any atom is -0.376 e. The SMILES string of the molecule is Cc1ccc(/C=C\S(=O)(=O)Nc2cnn(C[C@@H]3CCCO3)c2)cc1. The van der Waals surface area contributed by atoms with Crippen molar-refractivity contribution < 1.29 is 13.2 Å². The maximum atomic E-state index is 12.1. The second kappa shape index (κ2) is 7.19. The summed E-state index contributed by atoms with van der Waals surface area (Å²) in [7, 11) is -3.57. The molecule has 0 amide bonds. The quantitative estimate of drug-likeness (QED) is 0.872. The maximum absolute atomic E-state index is 12.1. The van der Waals surface area contributed by atoms with Crippen LogP contribution in [0.25, 0.3) is 6.08 Å². The first-order chi connectivity index (χ1) is 11.5. The summed E-state index contributed by atoms with van der Waals surface area (Å²) in [6.45, 7) is 3.41. The van der Waals surface area contributed by atoms with Crippen LogP contribution in [0.4, 0.5) is 5.69 Å². The smallest absolute Gasteiger partial charge is 0.255 e. The maximum Gasteiger partial charge on any atom is 0.255 e. The average Bonchev–Trinajstić information content (AvgIpc) is 3.19. The predicted molar refractivity (Wildman–Crippen MR) is 94.0 cm³/mol. The molecule has 3 rings (SSSR count). The lowest BCUT2D eigenvalue weighted by Crippen LogP contribution is -2.15. The van der Waals surface area contributed by atoms with Gasteiger partial charge in [-0.3, -0.25) is 9.40 Å². The van der Waals surface area contributed by atoms with Gasteiger partial charge in [-0.25, -0.2) is 8.42 Å². The molecule has 6 nitrogen and oxygen atoms in total. The van der Waals surface area contributed by atoms with E-state index in [2.05, 4.69) is 9.82 Å². The summed E-state index contributed by atoms with van der Waals surface area (Å²) in [4.78, 5) is 0. The highest BCUT2D eigenvalue weighted by Crippen LogP contribution is 2.16. The fourth-order valence-corrected chi connectivity index (χ4v) is 3.40. The van der Waals surface area contributed by atoms with Crippen LogP contribution in [0.2, 0.25) is 0 Å². The fourth-order valence-electron chi connectivity index (χ4n) is 2.56. The van der Waals surface area contributed by atoms with Gasteiger partial charge in [-0.15, -0.1) is 0 Å². The van der Waals surface area contributed by atoms with Crippen molar-refractivity contribution in [1.29, 1.82) is 0 Å². The number of nitrogens with zero attached hydrogens (tertiary/aromatic N) is 2. The number of aromatic nitrogens is 2. The van der Waals surface area contributed by atoms with Gasteiger partial charge in [0.2, 0.25) is 0 Å². The van der Waals surface area contributed by atoms with Gasteiger partial charge in [-0.2, -0.15) is 5.10 Å². The van der Waals surface area contributed by atoms with E-state index in [0.717, 1.165) is 36.0 Å². The molecule has 1 saturated heterocycles. The second-order valence-corrected chi connectivity index (χ2v) is 7.51. The Balaban J connectivity index is 1.61. The molecule has 0 unspecified atom stereocenters. The predicted octanol–water partition coefficient (Wildman–Crippen LogP) is 2.78. The van der Waals surface area contributed by atoms with Crippen molar-refractivity contribution in [3.63, 3.8) is 0 Å². The number of ether oxygens (including phenoxy) is 1. The van der Waals surface area contributed by atoms with Gasteiger partial charge in [-0.05, 0) is 31.4 Å². The Labute approximate surface area is 142 Å². The van der Waals surface area contributed by atoms with E-state index in [-0.39, 0.29) is 6.10 Å². The lowest BCUT2D eigenvalue weighted by molar-refractivity contribution is 0.0940. The van der Waals surface area contributed by atoms with Gasteiger partial charge < -0.3 is 4.74 Å². The highest BCUT2D eigenvalue weighted by molar-refractivity contribution is 7.95. The Morgan fingerprint density at radius 1 is 1.38 bits per heavy atom. The normalized spacial score (nSPS) is 18.3. The van der Waals surface area contributed by atoms with Crippen LogP contribution in [-0.2, 0) is 21.3 Å². The number of nitrogens with one attached hydrogen (secondary N) is 1. The number of sulfonamides is 1. The van der Waals surface area contributed by atoms with Crippen LogP contribution in [-0.4, -0.2) is 30.9 Å². The summed E-state index contributed by atoms with van der Waals surface area (Å²) < 4.78 is 34.0. The highest BCUT2D eigenvalue weighted by atomic mass is 32.2. The van der Waals surface area contributed by atoms with Crippen molar-refractivity contribution in [2.24, 2.45) is 0 Å². The first kappa shape index (κ1) is 16.7. The summed E-state index contributed by atoms with van der Waals surface area (Å²) >= 11 is 0. The van der Waals surface area contributed by atoms with Crippen LogP contribution < -0.4 is 4.72 Å². The Bertz CT molecular complexity index is 804. The Kier molecular flexibility index (Phi) is 5.01. The van der Waals surface area contributed by atoms with Crippen molar-refractivity contribution in [3.05, 3.63) is 53.2 Å². The molecule has 0 spiro atoms. The summed E-state index contributed by atoms with van der Waals surface area (Å²) in [5.41, 5.74) is 2.41. The monoisotopic (exact) mass is 347 g/mol. The molecule has 1 atom stereocenters. The van der Waals surface area contributed by atoms with Crippen LogP contribution in [0, 0.1) is 6.92 Å². The lowest BCUT2D eigenvalue weighted by atomic mass is 10.2. The third-order valence-electron chi connectivity index (χ3n) is 3.83. The summed E-state index contributed by atoms with van der Waals surface area (Å²) in [5, 5.41) is 5.34. The molecule has 1 aromatic carbocycles.